The van der Waals surface area contributed by atoms with Crippen LogP contribution in [0.25, 0.3) is 0 Å². The fourth-order valence-corrected chi connectivity index (χ4v) is 2.73. The summed E-state index contributed by atoms with van der Waals surface area (Å²) in [5.74, 6) is -1.17. The summed E-state index contributed by atoms with van der Waals surface area (Å²) in [6.07, 6.45) is -2.61. The molecule has 11 heteroatoms. The number of hydrogen-bond donors (Lipinski definition) is 6. The predicted molar refractivity (Wildman–Crippen MR) is 79.6 cm³/mol. The molecule has 0 spiro atoms. The van der Waals surface area contributed by atoms with Gasteiger partial charge in [0.25, 0.3) is 5.56 Å². The Morgan fingerprint density at radius 3 is 2.74 bits per heavy atom. The van der Waals surface area contributed by atoms with Crippen molar-refractivity contribution in [2.24, 2.45) is 0 Å². The van der Waals surface area contributed by atoms with Gasteiger partial charge in [-0.3, -0.25) is 19.1 Å². The molecule has 1 aliphatic rings. The van der Waals surface area contributed by atoms with Crippen molar-refractivity contribution in [1.82, 2.24) is 9.55 Å². The van der Waals surface area contributed by atoms with Crippen LogP contribution in [-0.4, -0.2) is 67.4 Å². The number of aromatic amines is 1. The van der Waals surface area contributed by atoms with Crippen molar-refractivity contribution in [3.8, 4) is 0 Å². The molecule has 0 saturated carbocycles. The number of carbonyl (C=O) groups is 1. The van der Waals surface area contributed by atoms with Gasteiger partial charge < -0.3 is 30.5 Å². The molecule has 2 heterocycles. The molecule has 2 rings (SSSR count). The van der Waals surface area contributed by atoms with Gasteiger partial charge in [0.2, 0.25) is 0 Å². The molecule has 10 nitrogen and oxygen atoms in total. The first-order valence-electron chi connectivity index (χ1n) is 6.67. The molecule has 4 atom stereocenters. The van der Waals surface area contributed by atoms with Gasteiger partial charge in [-0.15, -0.1) is 0 Å². The zero-order valence-electron chi connectivity index (χ0n) is 12.1. The van der Waals surface area contributed by atoms with E-state index in [-0.39, 0.29) is 10.5 Å². The van der Waals surface area contributed by atoms with E-state index in [1.165, 1.54) is 17.7 Å². The van der Waals surface area contributed by atoms with E-state index in [0.717, 1.165) is 0 Å². The van der Waals surface area contributed by atoms with Crippen LogP contribution in [0, 0.1) is 4.77 Å². The van der Waals surface area contributed by atoms with Gasteiger partial charge in [-0.1, -0.05) is 0 Å². The summed E-state index contributed by atoms with van der Waals surface area (Å²) in [5.41, 5.74) is -2.28. The van der Waals surface area contributed by atoms with Gasteiger partial charge >= 0.3 is 5.97 Å². The fourth-order valence-electron chi connectivity index (χ4n) is 2.41. The van der Waals surface area contributed by atoms with Crippen molar-refractivity contribution in [1.29, 1.82) is 0 Å². The molecule has 1 aromatic rings. The van der Waals surface area contributed by atoms with Gasteiger partial charge in [-0.25, -0.2) is 0 Å². The number of ether oxygens (including phenoxy) is 1. The topological polar surface area (TPSA) is 157 Å². The number of H-pyrrole nitrogens is 1. The number of hydrogen-bond acceptors (Lipinski definition) is 8. The SMILES string of the molecule is C[C@@]1(n2cc(NCC(=O)O)c(=O)[nH]c2=S)O[C@H](CO)[C@@H](O)[C@H]1O. The van der Waals surface area contributed by atoms with Crippen LogP contribution in [-0.2, 0) is 15.3 Å². The second kappa shape index (κ2) is 6.37. The van der Waals surface area contributed by atoms with Crippen molar-refractivity contribution < 1.29 is 30.0 Å². The standard InChI is InChI=1S/C12H17N3O7S/c1-12(9(20)8(19)6(4-16)22-12)15-3-5(13-2-7(17)18)10(21)14-11(15)23/h3,6,8-9,13,16,19-20H,2,4H2,1H3,(H,17,18)(H,14,21,23)/t6-,8-,9-,12-/m1/s1. The Balaban J connectivity index is 2.46. The molecule has 6 N–H and O–H groups in total. The predicted octanol–water partition coefficient (Wildman–Crippen LogP) is -1.81. The zero-order valence-corrected chi connectivity index (χ0v) is 12.9. The molecule has 0 unspecified atom stereocenters. The number of anilines is 1. The third-order valence-corrected chi connectivity index (χ3v) is 3.97. The van der Waals surface area contributed by atoms with Crippen molar-refractivity contribution in [2.45, 2.75) is 31.0 Å². The zero-order chi connectivity index (χ0) is 17.4. The Kier molecular flexibility index (Phi) is 4.87. The van der Waals surface area contributed by atoms with Crippen molar-refractivity contribution in [2.75, 3.05) is 18.5 Å². The molecule has 1 aromatic heterocycles. The van der Waals surface area contributed by atoms with Crippen LogP contribution in [0.15, 0.2) is 11.0 Å². The molecule has 0 radical (unpaired) electrons. The minimum absolute atomic E-state index is 0.0942. The lowest BCUT2D eigenvalue weighted by Gasteiger charge is -2.31. The summed E-state index contributed by atoms with van der Waals surface area (Å²) in [7, 11) is 0. The van der Waals surface area contributed by atoms with E-state index in [2.05, 4.69) is 10.3 Å². The van der Waals surface area contributed by atoms with Gasteiger partial charge in [0, 0.05) is 6.20 Å². The van der Waals surface area contributed by atoms with Crippen LogP contribution in [0.4, 0.5) is 5.69 Å². The second-order valence-electron chi connectivity index (χ2n) is 5.25. The first kappa shape index (κ1) is 17.6. The number of aromatic nitrogens is 2. The number of aliphatic carboxylic acids is 1. The van der Waals surface area contributed by atoms with Crippen LogP contribution < -0.4 is 10.9 Å². The highest BCUT2D eigenvalue weighted by Gasteiger charge is 2.52. The first-order valence-corrected chi connectivity index (χ1v) is 7.08. The average molecular weight is 347 g/mol. The summed E-state index contributed by atoms with van der Waals surface area (Å²) >= 11 is 5.04. The lowest BCUT2D eigenvalue weighted by molar-refractivity contribution is -0.136. The normalized spacial score (nSPS) is 30.3. The van der Waals surface area contributed by atoms with E-state index < -0.39 is 48.7 Å². The van der Waals surface area contributed by atoms with E-state index >= 15 is 0 Å². The Morgan fingerprint density at radius 2 is 2.22 bits per heavy atom. The molecule has 0 amide bonds. The molecule has 0 aromatic carbocycles. The van der Waals surface area contributed by atoms with Gasteiger partial charge in [0.05, 0.1) is 6.61 Å². The summed E-state index contributed by atoms with van der Waals surface area (Å²) in [6.45, 7) is 0.405. The minimum Gasteiger partial charge on any atom is -0.480 e. The van der Waals surface area contributed by atoms with Crippen LogP contribution >= 0.6 is 12.2 Å². The number of aliphatic hydroxyl groups excluding tert-OH is 3. The van der Waals surface area contributed by atoms with Crippen LogP contribution in [0.3, 0.4) is 0 Å². The smallest absolute Gasteiger partial charge is 0.322 e. The average Bonchev–Trinajstić information content (AvgIpc) is 2.71. The Bertz CT molecular complexity index is 717. The van der Waals surface area contributed by atoms with Gasteiger partial charge in [-0.2, -0.15) is 0 Å². The maximum absolute atomic E-state index is 11.8. The van der Waals surface area contributed by atoms with Crippen LogP contribution in [0.5, 0.6) is 0 Å². The van der Waals surface area contributed by atoms with Crippen molar-refractivity contribution >= 4 is 23.9 Å². The minimum atomic E-state index is -1.55. The van der Waals surface area contributed by atoms with E-state index in [4.69, 9.17) is 22.1 Å². The van der Waals surface area contributed by atoms with Crippen molar-refractivity contribution in [3.63, 3.8) is 0 Å². The van der Waals surface area contributed by atoms with E-state index in [1.54, 1.807) is 0 Å². The molecular formula is C12H17N3O7S. The largest absolute Gasteiger partial charge is 0.480 e. The summed E-state index contributed by atoms with van der Waals surface area (Å²) in [5, 5.41) is 40.4. The van der Waals surface area contributed by atoms with Gasteiger partial charge in [0.1, 0.15) is 30.5 Å². The molecule has 0 aliphatic carbocycles. The van der Waals surface area contributed by atoms with Crippen LogP contribution in [0.1, 0.15) is 6.92 Å². The number of carboxylic acids is 1. The number of carboxylic acid groups (broad SMARTS) is 1. The van der Waals surface area contributed by atoms with Gasteiger partial charge in [-0.05, 0) is 19.1 Å². The summed E-state index contributed by atoms with van der Waals surface area (Å²) in [4.78, 5) is 24.7. The summed E-state index contributed by atoms with van der Waals surface area (Å²) < 4.78 is 6.59. The highest BCUT2D eigenvalue weighted by Crippen LogP contribution is 2.35. The van der Waals surface area contributed by atoms with E-state index in [1.807, 2.05) is 0 Å². The second-order valence-corrected chi connectivity index (χ2v) is 5.63. The third-order valence-electron chi connectivity index (χ3n) is 3.67. The fraction of sp³-hybridized carbons (Fsp3) is 0.583. The lowest BCUT2D eigenvalue weighted by Crippen LogP contribution is -2.44. The van der Waals surface area contributed by atoms with E-state index in [0.29, 0.717) is 0 Å². The molecule has 1 aliphatic heterocycles. The number of nitrogens with one attached hydrogen (secondary N) is 2. The quantitative estimate of drug-likeness (QED) is 0.338. The molecule has 128 valence electrons. The van der Waals surface area contributed by atoms with E-state index in [9.17, 15) is 24.9 Å². The van der Waals surface area contributed by atoms with Crippen molar-refractivity contribution in [3.05, 3.63) is 21.3 Å². The number of aliphatic hydroxyl groups is 3. The number of rotatable bonds is 5. The molecule has 0 bridgehead atoms. The molecule has 23 heavy (non-hydrogen) atoms. The maximum Gasteiger partial charge on any atom is 0.322 e. The molecular weight excluding hydrogens is 330 g/mol. The van der Waals surface area contributed by atoms with Crippen LogP contribution in [0.2, 0.25) is 0 Å². The summed E-state index contributed by atoms with van der Waals surface area (Å²) in [6, 6.07) is 0. The highest BCUT2D eigenvalue weighted by atomic mass is 32.1. The third kappa shape index (κ3) is 3.14. The molecule has 1 fully saturated rings. The maximum atomic E-state index is 11.8. The first-order chi connectivity index (χ1) is 10.7. The monoisotopic (exact) mass is 347 g/mol. The number of nitrogens with zero attached hydrogens (tertiary/aromatic N) is 1. The molecule has 1 saturated heterocycles. The van der Waals surface area contributed by atoms with Gasteiger partial charge in [0.15, 0.2) is 10.5 Å². The Labute approximate surface area is 135 Å². The Hall–Kier alpha value is -1.79. The highest BCUT2D eigenvalue weighted by molar-refractivity contribution is 7.71. The Morgan fingerprint density at radius 1 is 1.57 bits per heavy atom. The lowest BCUT2D eigenvalue weighted by atomic mass is 10.0.